The molecule has 2 heterocycles. The van der Waals surface area contributed by atoms with Gasteiger partial charge in [-0.2, -0.15) is 0 Å². The van der Waals surface area contributed by atoms with Crippen LogP contribution in [-0.2, 0) is 30.3 Å². The van der Waals surface area contributed by atoms with Crippen molar-refractivity contribution in [1.82, 2.24) is 0 Å². The predicted molar refractivity (Wildman–Crippen MR) is 108 cm³/mol. The van der Waals surface area contributed by atoms with E-state index in [9.17, 15) is 4.79 Å². The fourth-order valence-corrected chi connectivity index (χ4v) is 4.55. The van der Waals surface area contributed by atoms with Gasteiger partial charge in [0.15, 0.2) is 12.1 Å². The molecule has 6 nitrogen and oxygen atoms in total. The highest BCUT2D eigenvalue weighted by atomic mass is 16.8. The minimum Gasteiger partial charge on any atom is -0.456 e. The van der Waals surface area contributed by atoms with E-state index in [4.69, 9.17) is 23.7 Å². The van der Waals surface area contributed by atoms with Gasteiger partial charge in [0.2, 0.25) is 0 Å². The quantitative estimate of drug-likeness (QED) is 0.698. The van der Waals surface area contributed by atoms with Crippen molar-refractivity contribution in [2.75, 3.05) is 0 Å². The Morgan fingerprint density at radius 3 is 2.37 bits per heavy atom. The summed E-state index contributed by atoms with van der Waals surface area (Å²) in [7, 11) is 0. The Morgan fingerprint density at radius 2 is 1.70 bits per heavy atom. The maximum atomic E-state index is 12.6. The first-order valence-electron chi connectivity index (χ1n) is 10.4. The Kier molecular flexibility index (Phi) is 4.90. The highest BCUT2D eigenvalue weighted by Crippen LogP contribution is 2.53. The van der Waals surface area contributed by atoms with Crippen molar-refractivity contribution in [3.63, 3.8) is 0 Å². The molecular weight excluding hydrogens is 384 g/mol. The molecule has 2 saturated heterocycles. The third kappa shape index (κ3) is 3.44. The van der Waals surface area contributed by atoms with E-state index in [0.717, 1.165) is 12.0 Å². The summed E-state index contributed by atoms with van der Waals surface area (Å²) < 4.78 is 30.6. The molecule has 5 rings (SSSR count). The molecule has 0 aromatic heterocycles. The maximum absolute atomic E-state index is 12.6. The molecule has 3 unspecified atom stereocenters. The summed E-state index contributed by atoms with van der Waals surface area (Å²) in [6.45, 7) is 4.15. The second-order valence-electron chi connectivity index (χ2n) is 8.56. The number of benzene rings is 2. The van der Waals surface area contributed by atoms with Crippen molar-refractivity contribution in [3.05, 3.63) is 71.8 Å². The summed E-state index contributed by atoms with van der Waals surface area (Å²) in [5.41, 5.74) is 0.824. The lowest BCUT2D eigenvalue weighted by atomic mass is 9.72. The minimum atomic E-state index is -0.759. The van der Waals surface area contributed by atoms with Crippen molar-refractivity contribution in [1.29, 1.82) is 0 Å². The molecule has 6 heteroatoms. The van der Waals surface area contributed by atoms with Crippen LogP contribution < -0.4 is 0 Å². The van der Waals surface area contributed by atoms with Gasteiger partial charge in [0.1, 0.15) is 23.9 Å². The van der Waals surface area contributed by atoms with Crippen LogP contribution in [0.3, 0.4) is 0 Å². The summed E-state index contributed by atoms with van der Waals surface area (Å²) in [6, 6.07) is 19.0. The van der Waals surface area contributed by atoms with E-state index in [-0.39, 0.29) is 12.1 Å². The van der Waals surface area contributed by atoms with Crippen LogP contribution in [0.25, 0.3) is 0 Å². The summed E-state index contributed by atoms with van der Waals surface area (Å²) in [5, 5.41) is 0. The van der Waals surface area contributed by atoms with Gasteiger partial charge in [0.05, 0.1) is 12.2 Å². The van der Waals surface area contributed by atoms with Gasteiger partial charge in [-0.15, -0.1) is 0 Å². The van der Waals surface area contributed by atoms with Crippen LogP contribution >= 0.6 is 0 Å². The number of rotatable bonds is 5. The molecule has 0 radical (unpaired) electrons. The molecule has 1 aliphatic carbocycles. The topological polar surface area (TPSA) is 63.2 Å². The number of ether oxygens (including phenoxy) is 5. The van der Waals surface area contributed by atoms with Crippen molar-refractivity contribution in [2.45, 2.75) is 69.3 Å². The fourth-order valence-electron chi connectivity index (χ4n) is 4.55. The van der Waals surface area contributed by atoms with Crippen molar-refractivity contribution >= 4 is 5.97 Å². The Morgan fingerprint density at radius 1 is 1.00 bits per heavy atom. The molecule has 0 N–H and O–H groups in total. The zero-order valence-electron chi connectivity index (χ0n) is 17.2. The molecule has 1 saturated carbocycles. The largest absolute Gasteiger partial charge is 0.456 e. The lowest BCUT2D eigenvalue weighted by molar-refractivity contribution is -0.287. The van der Waals surface area contributed by atoms with Crippen molar-refractivity contribution in [2.24, 2.45) is 0 Å². The van der Waals surface area contributed by atoms with Gasteiger partial charge >= 0.3 is 5.97 Å². The van der Waals surface area contributed by atoms with E-state index in [2.05, 4.69) is 0 Å². The molecule has 3 aliphatic rings. The van der Waals surface area contributed by atoms with E-state index >= 15 is 0 Å². The SMILES string of the molecule is CC1(C)OC2O[C@]3(CC[C@H]3OC(=O)c3ccccc3)C(OCc3ccccc3)C2O1. The van der Waals surface area contributed by atoms with Gasteiger partial charge in [-0.1, -0.05) is 48.5 Å². The average Bonchev–Trinajstić information content (AvgIpc) is 3.21. The standard InChI is InChI=1S/C24H26O6/c1-23(2)28-19-20(26-15-16-9-5-3-6-10-16)24(30-22(19)29-23)14-13-18(24)27-21(25)17-11-7-4-8-12-17/h3-12,18-20,22H,13-15H2,1-2H3/t18-,19?,20?,22?,24+/m1/s1. The molecule has 0 amide bonds. The third-order valence-corrected chi connectivity index (χ3v) is 6.08. The molecule has 30 heavy (non-hydrogen) atoms. The average molecular weight is 410 g/mol. The number of esters is 1. The molecular formula is C24H26O6. The van der Waals surface area contributed by atoms with Gasteiger partial charge in [-0.05, 0) is 44.4 Å². The van der Waals surface area contributed by atoms with Gasteiger partial charge < -0.3 is 23.7 Å². The number of carbonyl (C=O) groups excluding carboxylic acids is 1. The number of carbonyl (C=O) groups is 1. The van der Waals surface area contributed by atoms with Gasteiger partial charge in [-0.25, -0.2) is 4.79 Å². The fraction of sp³-hybridized carbons (Fsp3) is 0.458. The number of hydrogen-bond acceptors (Lipinski definition) is 6. The normalized spacial score (nSPS) is 33.8. The molecule has 1 spiro atoms. The van der Waals surface area contributed by atoms with E-state index in [1.165, 1.54) is 0 Å². The van der Waals surface area contributed by atoms with E-state index < -0.39 is 29.9 Å². The smallest absolute Gasteiger partial charge is 0.338 e. The van der Waals surface area contributed by atoms with Crippen LogP contribution in [0.2, 0.25) is 0 Å². The summed E-state index contributed by atoms with van der Waals surface area (Å²) in [6.07, 6.45) is -0.286. The third-order valence-electron chi connectivity index (χ3n) is 6.08. The van der Waals surface area contributed by atoms with Crippen LogP contribution in [-0.4, -0.2) is 42.0 Å². The second kappa shape index (κ2) is 7.46. The molecule has 3 fully saturated rings. The lowest BCUT2D eigenvalue weighted by Gasteiger charge is -2.48. The Bertz CT molecular complexity index is 898. The van der Waals surface area contributed by atoms with Gasteiger partial charge in [0, 0.05) is 0 Å². The first-order chi connectivity index (χ1) is 14.5. The zero-order valence-corrected chi connectivity index (χ0v) is 17.2. The summed E-state index contributed by atoms with van der Waals surface area (Å²) >= 11 is 0. The second-order valence-corrected chi connectivity index (χ2v) is 8.56. The zero-order chi connectivity index (χ0) is 20.8. The maximum Gasteiger partial charge on any atom is 0.338 e. The number of fused-ring (bicyclic) bond motifs is 1. The van der Waals surface area contributed by atoms with Crippen molar-refractivity contribution in [3.8, 4) is 0 Å². The molecule has 158 valence electrons. The van der Waals surface area contributed by atoms with Crippen LogP contribution in [0.1, 0.15) is 42.6 Å². The predicted octanol–water partition coefficient (Wildman–Crippen LogP) is 3.84. The van der Waals surface area contributed by atoms with Crippen LogP contribution in [0.4, 0.5) is 0 Å². The first-order valence-corrected chi connectivity index (χ1v) is 10.4. The molecule has 0 bridgehead atoms. The number of hydrogen-bond donors (Lipinski definition) is 0. The molecule has 2 aromatic carbocycles. The first kappa shape index (κ1) is 19.7. The lowest BCUT2D eigenvalue weighted by Crippen LogP contribution is -2.62. The van der Waals surface area contributed by atoms with Crippen molar-refractivity contribution < 1.29 is 28.5 Å². The highest BCUT2D eigenvalue weighted by molar-refractivity contribution is 5.89. The van der Waals surface area contributed by atoms with Crippen LogP contribution in [0, 0.1) is 0 Å². The molecule has 5 atom stereocenters. The van der Waals surface area contributed by atoms with Crippen LogP contribution in [0.15, 0.2) is 60.7 Å². The molecule has 2 aliphatic heterocycles. The van der Waals surface area contributed by atoms with E-state index in [0.29, 0.717) is 18.6 Å². The highest BCUT2D eigenvalue weighted by Gasteiger charge is 2.69. The van der Waals surface area contributed by atoms with E-state index in [1.807, 2.05) is 62.4 Å². The van der Waals surface area contributed by atoms with E-state index in [1.54, 1.807) is 12.1 Å². The monoisotopic (exact) mass is 410 g/mol. The Hall–Kier alpha value is -2.25. The van der Waals surface area contributed by atoms with Gasteiger partial charge in [-0.3, -0.25) is 0 Å². The summed E-state index contributed by atoms with van der Waals surface area (Å²) in [5.74, 6) is -1.10. The summed E-state index contributed by atoms with van der Waals surface area (Å²) in [4.78, 5) is 12.6. The Labute approximate surface area is 176 Å². The minimum absolute atomic E-state index is 0.357. The Balaban J connectivity index is 1.36. The molecule has 2 aromatic rings. The van der Waals surface area contributed by atoms with Crippen LogP contribution in [0.5, 0.6) is 0 Å². The van der Waals surface area contributed by atoms with Gasteiger partial charge in [0.25, 0.3) is 0 Å².